The lowest BCUT2D eigenvalue weighted by molar-refractivity contribution is -0.870. The van der Waals surface area contributed by atoms with Gasteiger partial charge in [-0.3, -0.25) is 18.6 Å². The molecule has 1 rings (SSSR count). The molecule has 4 N–H and O–H groups in total. The summed E-state index contributed by atoms with van der Waals surface area (Å²) in [5.41, 5.74) is 0. The van der Waals surface area contributed by atoms with E-state index in [-0.39, 0.29) is 44.3 Å². The van der Waals surface area contributed by atoms with E-state index in [0.717, 1.165) is 70.6 Å². The zero-order valence-corrected chi connectivity index (χ0v) is 36.5. The Bertz CT molecular complexity index is 1280. The normalized spacial score (nSPS) is 21.4. The predicted octanol–water partition coefficient (Wildman–Crippen LogP) is 8.06. The minimum absolute atomic E-state index is 0.0316. The van der Waals surface area contributed by atoms with Crippen LogP contribution in [0.2, 0.25) is 0 Å². The minimum atomic E-state index is -4.47. The first-order chi connectivity index (χ1) is 27.2. The number of phosphoric ester groups is 1. The van der Waals surface area contributed by atoms with Gasteiger partial charge in [0.05, 0.1) is 52.5 Å². The first kappa shape index (κ1) is 52.6. The van der Waals surface area contributed by atoms with Crippen molar-refractivity contribution in [1.82, 2.24) is 0 Å². The van der Waals surface area contributed by atoms with Crippen molar-refractivity contribution in [3.8, 4) is 0 Å². The summed E-state index contributed by atoms with van der Waals surface area (Å²) in [6, 6.07) is 0. The summed E-state index contributed by atoms with van der Waals surface area (Å²) >= 11 is 0. The zero-order chi connectivity index (χ0) is 42.4. The van der Waals surface area contributed by atoms with Gasteiger partial charge in [0.25, 0.3) is 0 Å². The lowest BCUT2D eigenvalue weighted by atomic mass is 9.89. The fraction of sp³-hybridized carbons (Fsp3) is 0.727. The quantitative estimate of drug-likeness (QED) is 0.0166. The number of aliphatic hydroxyl groups excluding tert-OH is 3. The number of hydrogen-bond acceptors (Lipinski definition) is 10. The molecule has 0 heterocycles. The Morgan fingerprint density at radius 2 is 1.49 bits per heavy atom. The number of carbonyl (C=O) groups excluding carboxylic acids is 2. The number of rotatable bonds is 33. The van der Waals surface area contributed by atoms with Crippen LogP contribution in [-0.4, -0.2) is 109 Å². The van der Waals surface area contributed by atoms with Gasteiger partial charge in [-0.1, -0.05) is 113 Å². The van der Waals surface area contributed by atoms with Gasteiger partial charge >= 0.3 is 19.8 Å². The molecule has 57 heavy (non-hydrogen) atoms. The van der Waals surface area contributed by atoms with E-state index in [1.807, 2.05) is 21.1 Å². The van der Waals surface area contributed by atoms with Crippen LogP contribution >= 0.6 is 7.82 Å². The van der Waals surface area contributed by atoms with Crippen LogP contribution in [0.4, 0.5) is 0 Å². The summed E-state index contributed by atoms with van der Waals surface area (Å²) < 4.78 is 34.1. The Balaban J connectivity index is 2.60. The van der Waals surface area contributed by atoms with Gasteiger partial charge in [-0.25, -0.2) is 4.57 Å². The number of ether oxygens (including phenoxy) is 2. The molecule has 1 fully saturated rings. The molecular formula is C44H77NO11P+. The van der Waals surface area contributed by atoms with Gasteiger partial charge in [0.1, 0.15) is 19.8 Å². The second-order valence-corrected chi connectivity index (χ2v) is 17.4. The molecule has 0 bridgehead atoms. The number of likely N-dealkylation sites (N-methyl/N-ethyl adjacent to an activating group) is 1. The van der Waals surface area contributed by atoms with Crippen molar-refractivity contribution in [1.29, 1.82) is 0 Å². The highest BCUT2D eigenvalue weighted by molar-refractivity contribution is 7.47. The zero-order valence-electron chi connectivity index (χ0n) is 35.6. The van der Waals surface area contributed by atoms with Gasteiger partial charge in [-0.2, -0.15) is 0 Å². The molecule has 0 radical (unpaired) electrons. The molecule has 0 aromatic heterocycles. The second kappa shape index (κ2) is 31.5. The number of esters is 2. The molecule has 0 amide bonds. The van der Waals surface area contributed by atoms with Gasteiger partial charge in [-0.05, 0) is 57.3 Å². The summed E-state index contributed by atoms with van der Waals surface area (Å²) in [5.74, 6) is -1.76. The van der Waals surface area contributed by atoms with Crippen LogP contribution in [0.3, 0.4) is 0 Å². The van der Waals surface area contributed by atoms with E-state index in [1.165, 1.54) is 0 Å². The van der Waals surface area contributed by atoms with Crippen LogP contribution in [0.15, 0.2) is 60.8 Å². The number of aliphatic hydroxyl groups is 3. The lowest BCUT2D eigenvalue weighted by Gasteiger charge is -2.24. The maximum absolute atomic E-state index is 12.8. The number of quaternary nitrogens is 1. The molecule has 1 aliphatic rings. The Labute approximate surface area is 343 Å². The minimum Gasteiger partial charge on any atom is -0.462 e. The van der Waals surface area contributed by atoms with E-state index in [2.05, 4.69) is 50.3 Å². The van der Waals surface area contributed by atoms with Crippen LogP contribution in [-0.2, 0) is 32.7 Å². The fourth-order valence-electron chi connectivity index (χ4n) is 6.24. The van der Waals surface area contributed by atoms with Crippen molar-refractivity contribution >= 4 is 19.8 Å². The highest BCUT2D eigenvalue weighted by atomic mass is 31.2. The Morgan fingerprint density at radius 1 is 0.807 bits per heavy atom. The smallest absolute Gasteiger partial charge is 0.462 e. The van der Waals surface area contributed by atoms with Crippen molar-refractivity contribution < 1.29 is 57.4 Å². The average molecular weight is 827 g/mol. The molecule has 328 valence electrons. The maximum Gasteiger partial charge on any atom is 0.472 e. The molecule has 0 aromatic carbocycles. The van der Waals surface area contributed by atoms with Gasteiger partial charge in [0.2, 0.25) is 0 Å². The molecule has 13 heteroatoms. The van der Waals surface area contributed by atoms with E-state index < -0.39 is 50.8 Å². The van der Waals surface area contributed by atoms with E-state index in [0.29, 0.717) is 30.3 Å². The van der Waals surface area contributed by atoms with Gasteiger partial charge < -0.3 is 34.2 Å². The van der Waals surface area contributed by atoms with Crippen molar-refractivity contribution in [2.24, 2.45) is 11.8 Å². The van der Waals surface area contributed by atoms with Gasteiger partial charge in [0.15, 0.2) is 6.10 Å². The van der Waals surface area contributed by atoms with Crippen LogP contribution in [0.1, 0.15) is 123 Å². The first-order valence-corrected chi connectivity index (χ1v) is 22.8. The largest absolute Gasteiger partial charge is 0.472 e. The van der Waals surface area contributed by atoms with Crippen molar-refractivity contribution in [3.05, 3.63) is 60.8 Å². The first-order valence-electron chi connectivity index (χ1n) is 21.3. The molecule has 1 saturated carbocycles. The van der Waals surface area contributed by atoms with E-state index >= 15 is 0 Å². The predicted molar refractivity (Wildman–Crippen MR) is 226 cm³/mol. The molecule has 12 nitrogen and oxygen atoms in total. The summed E-state index contributed by atoms with van der Waals surface area (Å²) in [7, 11) is 1.26. The van der Waals surface area contributed by atoms with E-state index in [1.54, 1.807) is 24.3 Å². The highest BCUT2D eigenvalue weighted by Crippen LogP contribution is 2.43. The molecule has 0 aliphatic heterocycles. The number of nitrogens with zero attached hydrogens (tertiary/aromatic N) is 1. The number of unbranched alkanes of at least 4 members (excludes halogenated alkanes) is 7. The summed E-state index contributed by atoms with van der Waals surface area (Å²) in [6.07, 6.45) is 29.7. The second-order valence-electron chi connectivity index (χ2n) is 16.0. The third kappa shape index (κ3) is 28.6. The van der Waals surface area contributed by atoms with Crippen LogP contribution in [0.25, 0.3) is 0 Å². The lowest BCUT2D eigenvalue weighted by Crippen LogP contribution is -2.37. The molecule has 0 saturated heterocycles. The van der Waals surface area contributed by atoms with E-state index in [4.69, 9.17) is 18.5 Å². The third-order valence-corrected chi connectivity index (χ3v) is 10.6. The molecule has 1 aliphatic carbocycles. The van der Waals surface area contributed by atoms with E-state index in [9.17, 15) is 34.4 Å². The van der Waals surface area contributed by atoms with Crippen LogP contribution < -0.4 is 0 Å². The summed E-state index contributed by atoms with van der Waals surface area (Å²) in [5, 5.41) is 31.4. The van der Waals surface area contributed by atoms with Crippen molar-refractivity contribution in [2.45, 2.75) is 147 Å². The Hall–Kier alpha value is -2.41. The Kier molecular flexibility index (Phi) is 29.1. The Morgan fingerprint density at radius 3 is 2.19 bits per heavy atom. The molecule has 0 spiro atoms. The van der Waals surface area contributed by atoms with Crippen molar-refractivity contribution in [3.63, 3.8) is 0 Å². The van der Waals surface area contributed by atoms with Crippen LogP contribution in [0, 0.1) is 11.8 Å². The molecule has 7 atom stereocenters. The number of phosphoric acid groups is 1. The maximum atomic E-state index is 12.8. The number of carbonyl (C=O) groups is 2. The summed E-state index contributed by atoms with van der Waals surface area (Å²) in [6.45, 7) is 3.78. The highest BCUT2D eigenvalue weighted by Gasteiger charge is 2.39. The fourth-order valence-corrected chi connectivity index (χ4v) is 6.98. The standard InChI is InChI=1S/C44H76NO11P/c1-6-8-10-11-12-13-14-15-16-17-18-19-20-21-23-28-43(49)53-35-38(36-55-57(51,52)54-33-32-45(3,4)5)56-44(50)29-25-24-27-39-40(42(48)34-41(39)47)31-30-37(46)26-22-9-7-2/h8,10,12-13,15-16,24-25,30-31,37-42,46-48H,6-7,9,11,14,17-23,26-29,32-36H2,1-5H3/p+1/b10-8-,13-12-,16-15-,25-24-,31-30+/t37-,38-,39+,40-,41+,42-/m1/s1. The molecular weight excluding hydrogens is 749 g/mol. The van der Waals surface area contributed by atoms with Gasteiger partial charge in [-0.15, -0.1) is 0 Å². The van der Waals surface area contributed by atoms with Gasteiger partial charge in [0, 0.05) is 18.8 Å². The topological polar surface area (TPSA) is 169 Å². The third-order valence-electron chi connectivity index (χ3n) is 9.63. The van der Waals surface area contributed by atoms with Crippen molar-refractivity contribution in [2.75, 3.05) is 47.5 Å². The number of hydrogen-bond donors (Lipinski definition) is 4. The SMILES string of the molecule is CC/C=C\C/C=C\C/C=C\CCCCCCCC(=O)OC[C@H](COP(=O)(O)OCC[N+](C)(C)C)OC(=O)C/C=C\C[C@H]1[C@@H](/C=C/[C@H](O)CCCCC)[C@H](O)C[C@@H]1O. The average Bonchev–Trinajstić information content (AvgIpc) is 3.42. The molecule has 0 aromatic rings. The van der Waals surface area contributed by atoms with Crippen LogP contribution in [0.5, 0.6) is 0 Å². The summed E-state index contributed by atoms with van der Waals surface area (Å²) in [4.78, 5) is 35.6. The number of allylic oxidation sites excluding steroid dienone is 7. The molecule has 1 unspecified atom stereocenters. The monoisotopic (exact) mass is 827 g/mol.